The Kier molecular flexibility index (Phi) is 6.07. The highest BCUT2D eigenvalue weighted by molar-refractivity contribution is 5.65. The predicted molar refractivity (Wildman–Crippen MR) is 118 cm³/mol. The molecule has 4 unspecified atom stereocenters. The zero-order valence-electron chi connectivity index (χ0n) is 19.8. The number of esters is 1. The van der Waals surface area contributed by atoms with Crippen molar-refractivity contribution in [3.8, 4) is 0 Å². The molecule has 4 heteroatoms. The van der Waals surface area contributed by atoms with E-state index in [0.29, 0.717) is 48.0 Å². The Morgan fingerprint density at radius 1 is 1.03 bits per heavy atom. The number of carbonyl (C=O) groups excluding carboxylic acids is 1. The molecule has 0 amide bonds. The maximum absolute atomic E-state index is 11.7. The zero-order chi connectivity index (χ0) is 21.8. The van der Waals surface area contributed by atoms with Crippen LogP contribution >= 0.6 is 0 Å². The molecular weight excluding hydrogens is 376 g/mol. The van der Waals surface area contributed by atoms with Gasteiger partial charge in [-0.15, -0.1) is 0 Å². The molecule has 4 rings (SSSR count). The van der Waals surface area contributed by atoms with E-state index >= 15 is 0 Å². The van der Waals surface area contributed by atoms with Crippen LogP contribution in [0.25, 0.3) is 0 Å². The molecule has 0 spiro atoms. The molecule has 0 heterocycles. The van der Waals surface area contributed by atoms with E-state index in [1.54, 1.807) is 0 Å². The van der Waals surface area contributed by atoms with Crippen LogP contribution in [0.2, 0.25) is 0 Å². The number of rotatable bonds is 4. The molecule has 4 saturated carbocycles. The third-order valence-electron chi connectivity index (χ3n) is 10.7. The lowest BCUT2D eigenvalue weighted by molar-refractivity contribution is -0.203. The van der Waals surface area contributed by atoms with E-state index in [9.17, 15) is 15.0 Å². The van der Waals surface area contributed by atoms with Gasteiger partial charge < -0.3 is 14.9 Å². The van der Waals surface area contributed by atoms with Crippen molar-refractivity contribution in [2.24, 2.45) is 52.3 Å². The van der Waals surface area contributed by atoms with Crippen molar-refractivity contribution >= 4 is 5.97 Å². The summed E-state index contributed by atoms with van der Waals surface area (Å²) >= 11 is 0. The van der Waals surface area contributed by atoms with Crippen LogP contribution in [0.15, 0.2) is 0 Å². The van der Waals surface area contributed by atoms with Gasteiger partial charge in [0.25, 0.3) is 0 Å². The average molecular weight is 421 g/mol. The Labute approximate surface area is 183 Å². The minimum Gasteiger partial charge on any atom is -0.466 e. The second-order valence-electron chi connectivity index (χ2n) is 11.9. The number of hydrogen-bond acceptors (Lipinski definition) is 4. The van der Waals surface area contributed by atoms with Crippen molar-refractivity contribution < 1.29 is 19.7 Å². The third-order valence-corrected chi connectivity index (χ3v) is 10.7. The summed E-state index contributed by atoms with van der Waals surface area (Å²) in [5.74, 6) is 3.04. The molecule has 0 bridgehead atoms. The first kappa shape index (κ1) is 22.6. The van der Waals surface area contributed by atoms with E-state index in [2.05, 4.69) is 27.7 Å². The van der Waals surface area contributed by atoms with Gasteiger partial charge in [0.05, 0.1) is 18.8 Å². The molecule has 4 aliphatic rings. The van der Waals surface area contributed by atoms with Crippen LogP contribution < -0.4 is 0 Å². The Hall–Kier alpha value is -0.610. The first-order chi connectivity index (χ1) is 14.1. The molecule has 0 aromatic heterocycles. The minimum atomic E-state index is -0.240. The molecule has 172 valence electrons. The van der Waals surface area contributed by atoms with Gasteiger partial charge in [0.15, 0.2) is 0 Å². The Morgan fingerprint density at radius 3 is 2.37 bits per heavy atom. The monoisotopic (exact) mass is 420 g/mol. The highest BCUT2D eigenvalue weighted by Gasteiger charge is 2.64. The summed E-state index contributed by atoms with van der Waals surface area (Å²) in [6.07, 6.45) is 8.30. The van der Waals surface area contributed by atoms with E-state index in [-0.39, 0.29) is 29.0 Å². The Balaban J connectivity index is 1.61. The zero-order valence-corrected chi connectivity index (χ0v) is 19.8. The van der Waals surface area contributed by atoms with Gasteiger partial charge in [-0.2, -0.15) is 0 Å². The summed E-state index contributed by atoms with van der Waals surface area (Å²) in [7, 11) is 0. The van der Waals surface area contributed by atoms with Crippen LogP contribution in [0, 0.1) is 52.3 Å². The standard InChI is InChI=1S/C26H44O4/c1-6-18-22-13-17(28)9-11-26(22,5)21-10-12-25(4)19(15(2)14-30-16(3)27)7-8-20(25)23(21)24(18)29/h15,17-24,28-29H,6-14H2,1-5H3/t15-,17?,18+,19-,20?,21?,22+,23?,24-,25-,26-/m1/s1. The van der Waals surface area contributed by atoms with E-state index in [1.807, 2.05) is 0 Å². The molecule has 4 fully saturated rings. The summed E-state index contributed by atoms with van der Waals surface area (Å²) in [5.41, 5.74) is 0.490. The van der Waals surface area contributed by atoms with Gasteiger partial charge in [-0.05, 0) is 97.2 Å². The van der Waals surface area contributed by atoms with Gasteiger partial charge in [-0.1, -0.05) is 34.1 Å². The lowest BCUT2D eigenvalue weighted by Crippen LogP contribution is -2.62. The first-order valence-corrected chi connectivity index (χ1v) is 12.6. The minimum absolute atomic E-state index is 0.183. The predicted octanol–water partition coefficient (Wildman–Crippen LogP) is 4.81. The number of carbonyl (C=O) groups is 1. The Morgan fingerprint density at radius 2 is 1.70 bits per heavy atom. The fourth-order valence-corrected chi connectivity index (χ4v) is 9.30. The van der Waals surface area contributed by atoms with Crippen molar-refractivity contribution in [1.29, 1.82) is 0 Å². The van der Waals surface area contributed by atoms with E-state index in [4.69, 9.17) is 4.74 Å². The van der Waals surface area contributed by atoms with Gasteiger partial charge in [-0.25, -0.2) is 0 Å². The maximum Gasteiger partial charge on any atom is 0.302 e. The number of aliphatic hydroxyl groups excluding tert-OH is 2. The lowest BCUT2D eigenvalue weighted by atomic mass is 9.41. The molecule has 0 aliphatic heterocycles. The fraction of sp³-hybridized carbons (Fsp3) is 0.962. The summed E-state index contributed by atoms with van der Waals surface area (Å²) in [4.78, 5) is 11.3. The quantitative estimate of drug-likeness (QED) is 0.640. The summed E-state index contributed by atoms with van der Waals surface area (Å²) in [5, 5.41) is 22.1. The molecule has 0 aromatic carbocycles. The smallest absolute Gasteiger partial charge is 0.302 e. The first-order valence-electron chi connectivity index (χ1n) is 12.6. The molecule has 30 heavy (non-hydrogen) atoms. The molecule has 4 aliphatic carbocycles. The second-order valence-corrected chi connectivity index (χ2v) is 11.9. The fourth-order valence-electron chi connectivity index (χ4n) is 9.30. The van der Waals surface area contributed by atoms with E-state index < -0.39 is 0 Å². The van der Waals surface area contributed by atoms with Crippen LogP contribution in [0.5, 0.6) is 0 Å². The van der Waals surface area contributed by atoms with Crippen molar-refractivity contribution in [2.75, 3.05) is 6.61 Å². The largest absolute Gasteiger partial charge is 0.466 e. The molecule has 0 saturated heterocycles. The second kappa shape index (κ2) is 8.06. The van der Waals surface area contributed by atoms with Crippen LogP contribution in [0.1, 0.15) is 86.0 Å². The highest BCUT2D eigenvalue weighted by Crippen LogP contribution is 2.69. The lowest BCUT2D eigenvalue weighted by Gasteiger charge is -2.64. The van der Waals surface area contributed by atoms with Crippen LogP contribution in [-0.2, 0) is 9.53 Å². The number of ether oxygens (including phenoxy) is 1. The van der Waals surface area contributed by atoms with Gasteiger partial charge in [0.1, 0.15) is 0 Å². The van der Waals surface area contributed by atoms with Crippen molar-refractivity contribution in [2.45, 2.75) is 98.2 Å². The Bertz CT molecular complexity index is 649. The summed E-state index contributed by atoms with van der Waals surface area (Å²) in [6.45, 7) is 11.5. The molecule has 0 aromatic rings. The summed E-state index contributed by atoms with van der Waals surface area (Å²) < 4.78 is 5.39. The third kappa shape index (κ3) is 3.36. The van der Waals surface area contributed by atoms with Crippen molar-refractivity contribution in [3.05, 3.63) is 0 Å². The van der Waals surface area contributed by atoms with Gasteiger partial charge in [0, 0.05) is 6.92 Å². The van der Waals surface area contributed by atoms with Gasteiger partial charge >= 0.3 is 5.97 Å². The number of hydrogen-bond donors (Lipinski definition) is 2. The van der Waals surface area contributed by atoms with Crippen LogP contribution in [0.4, 0.5) is 0 Å². The number of fused-ring (bicyclic) bond motifs is 5. The number of aliphatic hydroxyl groups is 2. The molecule has 4 nitrogen and oxygen atoms in total. The van der Waals surface area contributed by atoms with Crippen molar-refractivity contribution in [3.63, 3.8) is 0 Å². The normalized spacial score (nSPS) is 51.4. The van der Waals surface area contributed by atoms with Crippen molar-refractivity contribution in [1.82, 2.24) is 0 Å². The topological polar surface area (TPSA) is 66.8 Å². The molecular formula is C26H44O4. The summed E-state index contributed by atoms with van der Waals surface area (Å²) in [6, 6.07) is 0. The van der Waals surface area contributed by atoms with E-state index in [0.717, 1.165) is 25.7 Å². The average Bonchev–Trinajstić information content (AvgIpc) is 3.05. The van der Waals surface area contributed by atoms with E-state index in [1.165, 1.54) is 32.6 Å². The highest BCUT2D eigenvalue weighted by atomic mass is 16.5. The maximum atomic E-state index is 11.7. The van der Waals surface area contributed by atoms with Gasteiger partial charge in [0.2, 0.25) is 0 Å². The molecule has 2 N–H and O–H groups in total. The molecule has 0 radical (unpaired) electrons. The van der Waals surface area contributed by atoms with Gasteiger partial charge in [-0.3, -0.25) is 4.79 Å². The van der Waals surface area contributed by atoms with Crippen LogP contribution in [0.3, 0.4) is 0 Å². The SMILES string of the molecule is CC[C@@H]1[C@@H](O)C2C3CC[C@H]([C@H](C)COC(C)=O)[C@@]3(C)CCC2[C@@]2(C)CCC(O)C[C@@H]12. The van der Waals surface area contributed by atoms with Crippen LogP contribution in [-0.4, -0.2) is 35.0 Å². The molecule has 11 atom stereocenters.